The fraction of sp³-hybridized carbons (Fsp3) is 0.350. The number of carbonyl (C=O) groups excluding carboxylic acids is 4. The van der Waals surface area contributed by atoms with E-state index in [9.17, 15) is 36.8 Å². The molecule has 2 unspecified atom stereocenters. The minimum atomic E-state index is -3.79. The lowest BCUT2D eigenvalue weighted by Crippen LogP contribution is -2.52. The molecule has 4 aliphatic heterocycles. The average molecular weight is 815 g/mol. The van der Waals surface area contributed by atoms with Crippen LogP contribution in [0.5, 0.6) is 0 Å². The summed E-state index contributed by atoms with van der Waals surface area (Å²) in [4.78, 5) is 72.8. The van der Waals surface area contributed by atoms with Gasteiger partial charge in [-0.25, -0.2) is 22.2 Å². The van der Waals surface area contributed by atoms with E-state index >= 15 is 4.39 Å². The molecule has 8 rings (SSSR count). The lowest BCUT2D eigenvalue weighted by molar-refractivity contribution is -0.137. The molecule has 4 N–H and O–H groups in total. The van der Waals surface area contributed by atoms with Gasteiger partial charge in [0.25, 0.3) is 17.4 Å². The van der Waals surface area contributed by atoms with Gasteiger partial charge >= 0.3 is 0 Å². The quantitative estimate of drug-likeness (QED) is 0.164. The zero-order valence-electron chi connectivity index (χ0n) is 31.7. The first-order valence-corrected chi connectivity index (χ1v) is 21.0. The number of fused-ring (bicyclic) bond motifs is 3. The molecule has 4 amide bonds. The highest BCUT2D eigenvalue weighted by Gasteiger charge is 2.44. The molecule has 5 aliphatic rings. The van der Waals surface area contributed by atoms with Gasteiger partial charge in [-0.15, -0.1) is 0 Å². The Kier molecular flexibility index (Phi) is 9.98. The molecule has 2 aromatic heterocycles. The fourth-order valence-corrected chi connectivity index (χ4v) is 9.29. The highest BCUT2D eigenvalue weighted by Crippen LogP contribution is 2.47. The van der Waals surface area contributed by atoms with E-state index in [0.29, 0.717) is 60.8 Å². The molecule has 1 aliphatic carbocycles. The Balaban J connectivity index is 1.04. The van der Waals surface area contributed by atoms with Crippen LogP contribution >= 0.6 is 0 Å². The number of hydrogen-bond acceptors (Lipinski definition) is 11. The number of aromatic nitrogens is 2. The molecule has 1 saturated heterocycles. The van der Waals surface area contributed by atoms with Crippen LogP contribution in [0.25, 0.3) is 11.3 Å². The van der Waals surface area contributed by atoms with Crippen LogP contribution < -0.4 is 31.7 Å². The van der Waals surface area contributed by atoms with Crippen molar-refractivity contribution in [2.45, 2.75) is 50.7 Å². The van der Waals surface area contributed by atoms with Crippen molar-refractivity contribution < 1.29 is 36.4 Å². The Morgan fingerprint density at radius 3 is 2.59 bits per heavy atom. The number of carbonyl (C=O) groups is 4. The van der Waals surface area contributed by atoms with E-state index in [1.165, 1.54) is 26.8 Å². The van der Waals surface area contributed by atoms with Gasteiger partial charge in [-0.05, 0) is 55.0 Å². The zero-order chi connectivity index (χ0) is 41.0. The molecule has 0 spiro atoms. The van der Waals surface area contributed by atoms with Crippen LogP contribution in [-0.2, 0) is 37.8 Å². The summed E-state index contributed by atoms with van der Waals surface area (Å²) in [6.45, 7) is 1.23. The van der Waals surface area contributed by atoms with Crippen molar-refractivity contribution >= 4 is 56.2 Å². The maximum atomic E-state index is 15.3. The van der Waals surface area contributed by atoms with Crippen LogP contribution in [0.15, 0.2) is 70.4 Å². The van der Waals surface area contributed by atoms with Crippen LogP contribution in [0.1, 0.15) is 59.2 Å². The summed E-state index contributed by atoms with van der Waals surface area (Å²) in [7, 11) is -2.22. The summed E-state index contributed by atoms with van der Waals surface area (Å²) in [6, 6.07) is 6.28. The summed E-state index contributed by atoms with van der Waals surface area (Å²) in [5.74, 6) is -4.27. The van der Waals surface area contributed by atoms with Gasteiger partial charge in [0.15, 0.2) is 21.5 Å². The zero-order valence-corrected chi connectivity index (χ0v) is 32.5. The third-order valence-corrected chi connectivity index (χ3v) is 11.9. The average Bonchev–Trinajstić information content (AvgIpc) is 3.68. The molecule has 58 heavy (non-hydrogen) atoms. The van der Waals surface area contributed by atoms with Crippen LogP contribution in [0.3, 0.4) is 0 Å². The van der Waals surface area contributed by atoms with Crippen molar-refractivity contribution in [1.29, 1.82) is 0 Å². The number of unbranched alkanes of at least 4 members (excludes halogenated alkanes) is 1. The van der Waals surface area contributed by atoms with Gasteiger partial charge in [-0.3, -0.25) is 29.3 Å². The molecule has 2 atom stereocenters. The molecule has 0 radical (unpaired) electrons. The molecular formula is C40H40F2N8O7S. The first-order chi connectivity index (χ1) is 27.7. The summed E-state index contributed by atoms with van der Waals surface area (Å²) in [5, 5.41) is 11.9. The smallest absolute Gasteiger partial charge is 0.260 e. The van der Waals surface area contributed by atoms with Crippen LogP contribution in [0.2, 0.25) is 0 Å². The summed E-state index contributed by atoms with van der Waals surface area (Å²) < 4.78 is 56.7. The number of imide groups is 1. The number of aryl methyl sites for hydroxylation is 1. The molecule has 1 fully saturated rings. The number of rotatable bonds is 11. The monoisotopic (exact) mass is 814 g/mol. The molecule has 0 saturated carbocycles. The number of nitrogens with zero attached hydrogens (tertiary/aromatic N) is 4. The van der Waals surface area contributed by atoms with E-state index in [0.717, 1.165) is 23.7 Å². The number of sulfone groups is 1. The van der Waals surface area contributed by atoms with Gasteiger partial charge in [0.1, 0.15) is 11.9 Å². The molecule has 15 nitrogen and oxygen atoms in total. The minimum absolute atomic E-state index is 0.0202. The van der Waals surface area contributed by atoms with Gasteiger partial charge in [0, 0.05) is 92.3 Å². The second-order valence-electron chi connectivity index (χ2n) is 15.0. The van der Waals surface area contributed by atoms with Gasteiger partial charge in [-0.1, -0.05) is 6.07 Å². The largest absolute Gasteiger partial charge is 0.385 e. The molecule has 6 heterocycles. The Bertz CT molecular complexity index is 2580. The second-order valence-corrected chi connectivity index (χ2v) is 17.1. The predicted octanol–water partition coefficient (Wildman–Crippen LogP) is 2.12. The summed E-state index contributed by atoms with van der Waals surface area (Å²) in [6.07, 6.45) is 6.86. The number of pyridine rings is 2. The topological polar surface area (TPSA) is 192 Å². The maximum Gasteiger partial charge on any atom is 0.260 e. The van der Waals surface area contributed by atoms with Gasteiger partial charge in [0.2, 0.25) is 11.8 Å². The third kappa shape index (κ3) is 6.94. The van der Waals surface area contributed by atoms with Gasteiger partial charge in [0.05, 0.1) is 34.8 Å². The minimum Gasteiger partial charge on any atom is -0.385 e. The van der Waals surface area contributed by atoms with Crippen molar-refractivity contribution in [2.75, 3.05) is 41.9 Å². The Morgan fingerprint density at radius 2 is 1.83 bits per heavy atom. The van der Waals surface area contributed by atoms with E-state index in [1.54, 1.807) is 25.2 Å². The number of anilines is 2. The first-order valence-electron chi connectivity index (χ1n) is 18.9. The van der Waals surface area contributed by atoms with Gasteiger partial charge < -0.3 is 30.3 Å². The first kappa shape index (κ1) is 38.7. The van der Waals surface area contributed by atoms with E-state index in [1.807, 2.05) is 6.07 Å². The Morgan fingerprint density at radius 1 is 1.03 bits per heavy atom. The van der Waals surface area contributed by atoms with E-state index < -0.39 is 56.7 Å². The lowest BCUT2D eigenvalue weighted by Gasteiger charge is -2.32. The van der Waals surface area contributed by atoms with Crippen LogP contribution in [0, 0.1) is 11.6 Å². The summed E-state index contributed by atoms with van der Waals surface area (Å²) in [5.41, 5.74) is 3.35. The van der Waals surface area contributed by atoms with Crippen molar-refractivity contribution in [3.63, 3.8) is 0 Å². The maximum absolute atomic E-state index is 15.3. The number of halogens is 2. The predicted molar refractivity (Wildman–Crippen MR) is 210 cm³/mol. The van der Waals surface area contributed by atoms with E-state index in [-0.39, 0.29) is 65.8 Å². The lowest BCUT2D eigenvalue weighted by atomic mass is 9.89. The Hall–Kier alpha value is -6.17. The number of piperidine rings is 1. The highest BCUT2D eigenvalue weighted by atomic mass is 32.2. The van der Waals surface area contributed by atoms with Crippen LogP contribution in [-0.4, -0.2) is 90.2 Å². The third-order valence-electron chi connectivity index (χ3n) is 11.1. The number of benzene rings is 1. The van der Waals surface area contributed by atoms with Crippen LogP contribution in [0.4, 0.5) is 20.3 Å². The molecule has 302 valence electrons. The number of hydrogen-bond donors (Lipinski definition) is 4. The molecule has 18 heteroatoms. The normalized spacial score (nSPS) is 19.9. The van der Waals surface area contributed by atoms with E-state index in [4.69, 9.17) is 0 Å². The molecule has 0 bridgehead atoms. The van der Waals surface area contributed by atoms with Crippen molar-refractivity contribution in [3.8, 4) is 0 Å². The fourth-order valence-electron chi connectivity index (χ4n) is 8.46. The summed E-state index contributed by atoms with van der Waals surface area (Å²) >= 11 is 0. The molecule has 3 aromatic rings. The number of nitrogens with one attached hydrogen (secondary N) is 4. The SMILES string of the molecule is Cn1ccc2c(c1=O)C1=C3C(=CN(c4ncc(F)cc4F)C3CCN1)C(C(=O)NCCCCNc1cccc3c1CN(C1CCC(=O)NC1=O)C3=O)=C2CS(C)(=O)=O. The van der Waals surface area contributed by atoms with Crippen molar-refractivity contribution in [1.82, 2.24) is 30.4 Å². The second kappa shape index (κ2) is 15.0. The van der Waals surface area contributed by atoms with Gasteiger partial charge in [-0.2, -0.15) is 0 Å². The molecular weight excluding hydrogens is 775 g/mol. The Labute approximate surface area is 331 Å². The number of amides is 4. The highest BCUT2D eigenvalue weighted by molar-refractivity contribution is 7.91. The van der Waals surface area contributed by atoms with Crippen molar-refractivity contribution in [2.24, 2.45) is 7.05 Å². The molecule has 1 aromatic carbocycles. The standard InChI is InChI=1S/C40H40F2N8O7S/c1-48-15-11-22-26(20-58(2,56)57)32(25-19-49(36-27(42)16-21(41)17-46-36)29-10-14-44-35(33(25)29)34(22)40(48)55)38(53)45-13-4-3-12-43-28-7-5-6-23-24(28)18-50(39(23)54)30-8-9-31(51)47-37(30)52/h5-7,11,15-17,19,29-30,43-44H,3-4,8-10,12-14,18,20H2,1-2H3,(H,45,53)(H,47,51,52). The van der Waals surface area contributed by atoms with E-state index in [2.05, 4.69) is 26.3 Å². The van der Waals surface area contributed by atoms with Crippen molar-refractivity contribution in [3.05, 3.63) is 110 Å².